The summed E-state index contributed by atoms with van der Waals surface area (Å²) in [7, 11) is 1.63. The Hall–Kier alpha value is -4.04. The first-order valence-electron chi connectivity index (χ1n) is 11.5. The van der Waals surface area contributed by atoms with Crippen LogP contribution in [0.3, 0.4) is 0 Å². The number of nitrogens with one attached hydrogen (secondary N) is 2. The number of amides is 2. The normalized spacial score (nSPS) is 10.6. The summed E-state index contributed by atoms with van der Waals surface area (Å²) < 4.78 is 7.02. The number of aryl methyl sites for hydroxylation is 1. The fourth-order valence-electron chi connectivity index (χ4n) is 3.64. The van der Waals surface area contributed by atoms with Crippen molar-refractivity contribution in [3.63, 3.8) is 0 Å². The van der Waals surface area contributed by atoms with Crippen LogP contribution in [0.15, 0.2) is 90.2 Å². The molecule has 0 aliphatic carbocycles. The van der Waals surface area contributed by atoms with Crippen LogP contribution in [-0.2, 0) is 17.8 Å². The summed E-state index contributed by atoms with van der Waals surface area (Å²) >= 11 is 1.62. The van der Waals surface area contributed by atoms with Crippen LogP contribution in [-0.4, -0.2) is 34.7 Å². The molecular weight excluding hydrogens is 472 g/mol. The molecular formula is C28H28N4O3S. The number of rotatable bonds is 10. The summed E-state index contributed by atoms with van der Waals surface area (Å²) in [5.74, 6) is 0.516. The van der Waals surface area contributed by atoms with E-state index in [1.165, 1.54) is 0 Å². The highest BCUT2D eigenvalue weighted by atomic mass is 32.2. The Balaban J connectivity index is 1.27. The van der Waals surface area contributed by atoms with E-state index in [-0.39, 0.29) is 11.8 Å². The number of imidazole rings is 1. The quantitative estimate of drug-likeness (QED) is 0.282. The molecule has 0 fully saturated rings. The number of benzene rings is 3. The fraction of sp³-hybridized carbons (Fsp3) is 0.179. The standard InChI is InChI=1S/C28H28N4O3S/c1-35-24-13-8-20(9-14-24)10-15-27(33)30-22-11-6-21(7-12-22)17-32-18-26(29-19-32)28(34)31-23-4-3-5-25(16-23)36-2/h3-9,11-14,16,18-19H,10,15,17H2,1-2H3,(H,30,33)(H,31,34). The molecule has 0 saturated heterocycles. The zero-order valence-electron chi connectivity index (χ0n) is 20.2. The van der Waals surface area contributed by atoms with Gasteiger partial charge in [-0.25, -0.2) is 4.98 Å². The molecule has 0 atom stereocenters. The first-order valence-corrected chi connectivity index (χ1v) is 12.7. The Kier molecular flexibility index (Phi) is 8.41. The number of methoxy groups -OCH3 is 1. The van der Waals surface area contributed by atoms with Gasteiger partial charge in [-0.2, -0.15) is 0 Å². The number of aromatic nitrogens is 2. The molecule has 4 rings (SSSR count). The van der Waals surface area contributed by atoms with Crippen molar-refractivity contribution in [3.8, 4) is 5.75 Å². The number of thioether (sulfide) groups is 1. The SMILES string of the molecule is COc1ccc(CCC(=O)Nc2ccc(Cn3cnc(C(=O)Nc4cccc(SC)c4)c3)cc2)cc1. The maximum atomic E-state index is 12.6. The van der Waals surface area contributed by atoms with Gasteiger partial charge in [0, 0.05) is 35.4 Å². The Labute approximate surface area is 214 Å². The molecule has 0 bridgehead atoms. The number of anilines is 2. The van der Waals surface area contributed by atoms with Crippen molar-refractivity contribution in [1.82, 2.24) is 9.55 Å². The minimum Gasteiger partial charge on any atom is -0.497 e. The van der Waals surface area contributed by atoms with Gasteiger partial charge >= 0.3 is 0 Å². The van der Waals surface area contributed by atoms with Crippen LogP contribution in [0.4, 0.5) is 11.4 Å². The largest absolute Gasteiger partial charge is 0.497 e. The van der Waals surface area contributed by atoms with E-state index in [1.807, 2.05) is 83.6 Å². The molecule has 0 radical (unpaired) electrons. The summed E-state index contributed by atoms with van der Waals surface area (Å²) in [5, 5.41) is 5.83. The van der Waals surface area contributed by atoms with Crippen molar-refractivity contribution < 1.29 is 14.3 Å². The van der Waals surface area contributed by atoms with Gasteiger partial charge in [-0.05, 0) is 66.3 Å². The number of carbonyl (C=O) groups excluding carboxylic acids is 2. The first-order chi connectivity index (χ1) is 17.5. The topological polar surface area (TPSA) is 85.2 Å². The number of nitrogens with zero attached hydrogens (tertiary/aromatic N) is 2. The van der Waals surface area contributed by atoms with E-state index in [0.29, 0.717) is 25.1 Å². The third-order valence-corrected chi connectivity index (χ3v) is 6.32. The van der Waals surface area contributed by atoms with E-state index >= 15 is 0 Å². The molecule has 1 aromatic heterocycles. The van der Waals surface area contributed by atoms with Gasteiger partial charge in [0.15, 0.2) is 0 Å². The molecule has 8 heteroatoms. The van der Waals surface area contributed by atoms with Crippen LogP contribution in [0.2, 0.25) is 0 Å². The maximum absolute atomic E-state index is 12.6. The lowest BCUT2D eigenvalue weighted by Gasteiger charge is -2.08. The maximum Gasteiger partial charge on any atom is 0.275 e. The van der Waals surface area contributed by atoms with Crippen LogP contribution < -0.4 is 15.4 Å². The van der Waals surface area contributed by atoms with Gasteiger partial charge in [0.1, 0.15) is 11.4 Å². The molecule has 2 amide bonds. The molecule has 0 saturated carbocycles. The molecule has 0 aliphatic heterocycles. The molecule has 0 spiro atoms. The van der Waals surface area contributed by atoms with Crippen LogP contribution in [0.5, 0.6) is 5.75 Å². The lowest BCUT2D eigenvalue weighted by molar-refractivity contribution is -0.116. The van der Waals surface area contributed by atoms with Crippen LogP contribution in [0, 0.1) is 0 Å². The number of hydrogen-bond donors (Lipinski definition) is 2. The predicted octanol–water partition coefficient (Wildman–Crippen LogP) is 5.49. The van der Waals surface area contributed by atoms with Gasteiger partial charge in [-0.15, -0.1) is 11.8 Å². The predicted molar refractivity (Wildman–Crippen MR) is 144 cm³/mol. The van der Waals surface area contributed by atoms with Gasteiger partial charge in [0.05, 0.1) is 13.4 Å². The van der Waals surface area contributed by atoms with E-state index in [4.69, 9.17) is 4.74 Å². The summed E-state index contributed by atoms with van der Waals surface area (Å²) in [4.78, 5) is 30.2. The monoisotopic (exact) mass is 500 g/mol. The van der Waals surface area contributed by atoms with Crippen LogP contribution >= 0.6 is 11.8 Å². The molecule has 4 aromatic rings. The van der Waals surface area contributed by atoms with Crippen molar-refractivity contribution in [3.05, 3.63) is 102 Å². The zero-order chi connectivity index (χ0) is 25.3. The minimum atomic E-state index is -0.250. The molecule has 184 valence electrons. The Morgan fingerprint density at radius 1 is 0.944 bits per heavy atom. The van der Waals surface area contributed by atoms with Crippen molar-refractivity contribution in [2.45, 2.75) is 24.3 Å². The molecule has 0 aliphatic rings. The van der Waals surface area contributed by atoms with Crippen molar-refractivity contribution in [1.29, 1.82) is 0 Å². The molecule has 3 aromatic carbocycles. The Bertz CT molecular complexity index is 1320. The number of ether oxygens (including phenoxy) is 1. The van der Waals surface area contributed by atoms with E-state index in [9.17, 15) is 9.59 Å². The highest BCUT2D eigenvalue weighted by Gasteiger charge is 2.11. The molecule has 0 unspecified atom stereocenters. The fourth-order valence-corrected chi connectivity index (χ4v) is 4.10. The van der Waals surface area contributed by atoms with E-state index < -0.39 is 0 Å². The smallest absolute Gasteiger partial charge is 0.275 e. The second-order valence-corrected chi connectivity index (χ2v) is 9.09. The van der Waals surface area contributed by atoms with Gasteiger partial charge in [-0.3, -0.25) is 9.59 Å². The lowest BCUT2D eigenvalue weighted by Crippen LogP contribution is -2.12. The van der Waals surface area contributed by atoms with E-state index in [1.54, 1.807) is 31.4 Å². The highest BCUT2D eigenvalue weighted by molar-refractivity contribution is 7.98. The van der Waals surface area contributed by atoms with Crippen LogP contribution in [0.25, 0.3) is 0 Å². The summed E-state index contributed by atoms with van der Waals surface area (Å²) in [6.07, 6.45) is 6.42. The number of carbonyl (C=O) groups is 2. The van der Waals surface area contributed by atoms with Crippen molar-refractivity contribution in [2.24, 2.45) is 0 Å². The Morgan fingerprint density at radius 2 is 1.69 bits per heavy atom. The van der Waals surface area contributed by atoms with E-state index in [0.717, 1.165) is 33.1 Å². The lowest BCUT2D eigenvalue weighted by atomic mass is 10.1. The third kappa shape index (κ3) is 6.99. The second-order valence-electron chi connectivity index (χ2n) is 8.21. The van der Waals surface area contributed by atoms with Crippen molar-refractivity contribution >= 4 is 35.0 Å². The van der Waals surface area contributed by atoms with Gasteiger partial charge < -0.3 is 19.9 Å². The van der Waals surface area contributed by atoms with Gasteiger partial charge in [0.2, 0.25) is 5.91 Å². The third-order valence-electron chi connectivity index (χ3n) is 5.60. The second kappa shape index (κ2) is 12.1. The number of hydrogen-bond acceptors (Lipinski definition) is 5. The molecule has 2 N–H and O–H groups in total. The molecule has 36 heavy (non-hydrogen) atoms. The molecule has 1 heterocycles. The summed E-state index contributed by atoms with van der Waals surface area (Å²) in [6, 6.07) is 23.1. The highest BCUT2D eigenvalue weighted by Crippen LogP contribution is 2.19. The van der Waals surface area contributed by atoms with Gasteiger partial charge in [-0.1, -0.05) is 30.3 Å². The summed E-state index contributed by atoms with van der Waals surface area (Å²) in [5.41, 5.74) is 3.96. The zero-order valence-corrected chi connectivity index (χ0v) is 21.0. The summed E-state index contributed by atoms with van der Waals surface area (Å²) in [6.45, 7) is 0.563. The average Bonchev–Trinajstić information content (AvgIpc) is 3.38. The average molecular weight is 501 g/mol. The van der Waals surface area contributed by atoms with Crippen molar-refractivity contribution in [2.75, 3.05) is 24.0 Å². The first kappa shape index (κ1) is 25.1. The van der Waals surface area contributed by atoms with Gasteiger partial charge in [0.25, 0.3) is 5.91 Å². The van der Waals surface area contributed by atoms with Crippen LogP contribution in [0.1, 0.15) is 28.0 Å². The molecule has 7 nitrogen and oxygen atoms in total. The Morgan fingerprint density at radius 3 is 2.42 bits per heavy atom. The van der Waals surface area contributed by atoms with E-state index in [2.05, 4.69) is 15.6 Å². The minimum absolute atomic E-state index is 0.0353.